The number of amides is 1. The number of carbonyl (C=O) groups excluding carboxylic acids is 1. The highest BCUT2D eigenvalue weighted by Gasteiger charge is 2.20. The van der Waals surface area contributed by atoms with E-state index in [1.54, 1.807) is 30.5 Å². The normalized spacial score (nSPS) is 10.7. The maximum Gasteiger partial charge on any atom is 0.296 e. The molecule has 0 fully saturated rings. The van der Waals surface area contributed by atoms with Crippen LogP contribution in [0.3, 0.4) is 0 Å². The van der Waals surface area contributed by atoms with Gasteiger partial charge >= 0.3 is 0 Å². The fourth-order valence-electron chi connectivity index (χ4n) is 2.90. The number of ether oxygens (including phenoxy) is 2. The number of rotatable bonds is 7. The van der Waals surface area contributed by atoms with E-state index in [-0.39, 0.29) is 22.1 Å². The smallest absolute Gasteiger partial charge is 0.296 e. The lowest BCUT2D eigenvalue weighted by Crippen LogP contribution is -2.14. The van der Waals surface area contributed by atoms with Crippen molar-refractivity contribution in [1.82, 2.24) is 25.1 Å². The van der Waals surface area contributed by atoms with E-state index >= 15 is 0 Å². The van der Waals surface area contributed by atoms with E-state index in [0.29, 0.717) is 33.2 Å². The molecule has 0 unspecified atom stereocenters. The molecule has 0 aromatic carbocycles. The highest BCUT2D eigenvalue weighted by molar-refractivity contribution is 7.17. The lowest BCUT2D eigenvalue weighted by molar-refractivity contribution is 0.102. The molecule has 0 atom stereocenters. The van der Waals surface area contributed by atoms with Gasteiger partial charge in [-0.1, -0.05) is 28.3 Å². The zero-order valence-electron chi connectivity index (χ0n) is 17.4. The van der Waals surface area contributed by atoms with Crippen molar-refractivity contribution in [2.75, 3.05) is 12.4 Å². The largest absolute Gasteiger partial charge is 0.493 e. The first kappa shape index (κ1) is 22.8. The molecule has 168 valence electrons. The molecule has 0 aliphatic heterocycles. The second kappa shape index (κ2) is 10.1. The van der Waals surface area contributed by atoms with Gasteiger partial charge in [-0.3, -0.25) is 20.1 Å². The summed E-state index contributed by atoms with van der Waals surface area (Å²) in [6.45, 7) is 2.01. The second-order valence-corrected chi connectivity index (χ2v) is 8.37. The number of hydrogen-bond donors (Lipinski definition) is 1. The van der Waals surface area contributed by atoms with Crippen LogP contribution in [-0.2, 0) is 6.61 Å². The van der Waals surface area contributed by atoms with Gasteiger partial charge in [0.25, 0.3) is 11.1 Å². The molecular weight excluding hydrogens is 487 g/mol. The molecular formula is C21H16Cl2N6O3S. The van der Waals surface area contributed by atoms with E-state index in [0.717, 1.165) is 17.0 Å². The summed E-state index contributed by atoms with van der Waals surface area (Å²) in [5, 5.41) is 11.9. The third-order valence-corrected chi connectivity index (χ3v) is 5.64. The monoisotopic (exact) mass is 502 g/mol. The van der Waals surface area contributed by atoms with Crippen LogP contribution in [0.15, 0.2) is 42.9 Å². The standard InChI is InChI=1S/C21H16Cl2N6O3S/c1-11-7-15(14-5-6-24-18(23)17(14)31-2)16(9-25-11)19(30)27-20-28-29-21(33-20)32-10-13-4-3-12(22)8-26-13/h3-9H,10H2,1-2H3,(H,27,28,30). The second-order valence-electron chi connectivity index (χ2n) is 6.64. The number of aryl methyl sites for hydroxylation is 1. The summed E-state index contributed by atoms with van der Waals surface area (Å²) >= 11 is 13.1. The summed E-state index contributed by atoms with van der Waals surface area (Å²) in [4.78, 5) is 25.5. The lowest BCUT2D eigenvalue weighted by atomic mass is 10.0. The predicted octanol–water partition coefficient (Wildman–Crippen LogP) is 4.85. The number of nitrogens with one attached hydrogen (secondary N) is 1. The summed E-state index contributed by atoms with van der Waals surface area (Å²) in [6, 6.07) is 6.96. The van der Waals surface area contributed by atoms with E-state index in [9.17, 15) is 4.79 Å². The molecule has 4 rings (SSSR count). The van der Waals surface area contributed by atoms with Crippen molar-refractivity contribution in [3.05, 3.63) is 70.0 Å². The first-order valence-electron chi connectivity index (χ1n) is 9.48. The third kappa shape index (κ3) is 5.36. The topological polar surface area (TPSA) is 112 Å². The molecule has 0 saturated carbocycles. The maximum absolute atomic E-state index is 13.1. The fraction of sp³-hybridized carbons (Fsp3) is 0.143. The first-order valence-corrected chi connectivity index (χ1v) is 11.1. The quantitative estimate of drug-likeness (QED) is 0.357. The van der Waals surface area contributed by atoms with Gasteiger partial charge in [0.15, 0.2) is 10.9 Å². The van der Waals surface area contributed by atoms with E-state index in [4.69, 9.17) is 32.7 Å². The highest BCUT2D eigenvalue weighted by atomic mass is 35.5. The van der Waals surface area contributed by atoms with Crippen LogP contribution in [0.2, 0.25) is 10.2 Å². The van der Waals surface area contributed by atoms with Gasteiger partial charge in [-0.15, -0.1) is 5.10 Å². The molecule has 4 aromatic rings. The summed E-state index contributed by atoms with van der Waals surface area (Å²) in [5.41, 5.74) is 2.92. The van der Waals surface area contributed by atoms with E-state index in [2.05, 4.69) is 30.5 Å². The van der Waals surface area contributed by atoms with Crippen molar-refractivity contribution < 1.29 is 14.3 Å². The number of carbonyl (C=O) groups is 1. The van der Waals surface area contributed by atoms with Crippen molar-refractivity contribution in [3.63, 3.8) is 0 Å². The molecule has 9 nitrogen and oxygen atoms in total. The van der Waals surface area contributed by atoms with Gasteiger partial charge in [-0.05, 0) is 42.5 Å². The molecule has 4 aromatic heterocycles. The number of methoxy groups -OCH3 is 1. The number of halogens is 2. The van der Waals surface area contributed by atoms with Gasteiger partial charge < -0.3 is 9.47 Å². The van der Waals surface area contributed by atoms with Crippen molar-refractivity contribution in [1.29, 1.82) is 0 Å². The molecule has 0 saturated heterocycles. The molecule has 0 aliphatic rings. The molecule has 33 heavy (non-hydrogen) atoms. The molecule has 1 amide bonds. The Morgan fingerprint density at radius 1 is 1.09 bits per heavy atom. The van der Waals surface area contributed by atoms with Crippen molar-refractivity contribution >= 4 is 45.6 Å². The minimum atomic E-state index is -0.422. The van der Waals surface area contributed by atoms with Crippen LogP contribution < -0.4 is 14.8 Å². The summed E-state index contributed by atoms with van der Waals surface area (Å²) in [5.74, 6) is -0.0595. The minimum absolute atomic E-state index is 0.189. The highest BCUT2D eigenvalue weighted by Crippen LogP contribution is 2.36. The van der Waals surface area contributed by atoms with Gasteiger partial charge in [-0.2, -0.15) is 0 Å². The molecule has 1 N–H and O–H groups in total. The maximum atomic E-state index is 13.1. The average molecular weight is 503 g/mol. The number of pyridine rings is 3. The van der Waals surface area contributed by atoms with Crippen LogP contribution >= 0.6 is 34.5 Å². The Balaban J connectivity index is 1.53. The zero-order valence-corrected chi connectivity index (χ0v) is 19.7. The van der Waals surface area contributed by atoms with E-state index in [1.807, 2.05) is 6.92 Å². The zero-order chi connectivity index (χ0) is 23.4. The van der Waals surface area contributed by atoms with Gasteiger partial charge in [0.1, 0.15) is 6.61 Å². The number of anilines is 1. The van der Waals surface area contributed by atoms with E-state index < -0.39 is 5.91 Å². The Morgan fingerprint density at radius 2 is 1.94 bits per heavy atom. The van der Waals surface area contributed by atoms with Gasteiger partial charge in [0.05, 0.1) is 23.4 Å². The van der Waals surface area contributed by atoms with Gasteiger partial charge in [0, 0.05) is 35.4 Å². The van der Waals surface area contributed by atoms with Crippen LogP contribution in [0.25, 0.3) is 11.1 Å². The predicted molar refractivity (Wildman–Crippen MR) is 125 cm³/mol. The summed E-state index contributed by atoms with van der Waals surface area (Å²) < 4.78 is 11.0. The average Bonchev–Trinajstić information content (AvgIpc) is 3.25. The number of aromatic nitrogens is 5. The van der Waals surface area contributed by atoms with Gasteiger partial charge in [-0.25, -0.2) is 4.98 Å². The first-order chi connectivity index (χ1) is 15.9. The molecule has 0 radical (unpaired) electrons. The van der Waals surface area contributed by atoms with Crippen molar-refractivity contribution in [2.24, 2.45) is 0 Å². The fourth-order valence-corrected chi connectivity index (χ4v) is 3.84. The Labute approximate surface area is 202 Å². The summed E-state index contributed by atoms with van der Waals surface area (Å²) in [6.07, 6.45) is 4.56. The molecule has 0 spiro atoms. The van der Waals surface area contributed by atoms with Crippen molar-refractivity contribution in [2.45, 2.75) is 13.5 Å². The van der Waals surface area contributed by atoms with Crippen LogP contribution in [-0.4, -0.2) is 38.2 Å². The number of hydrogen-bond acceptors (Lipinski definition) is 9. The molecule has 4 heterocycles. The van der Waals surface area contributed by atoms with Crippen molar-refractivity contribution in [3.8, 4) is 22.1 Å². The van der Waals surface area contributed by atoms with E-state index in [1.165, 1.54) is 19.5 Å². The minimum Gasteiger partial charge on any atom is -0.493 e. The Bertz CT molecular complexity index is 1300. The SMILES string of the molecule is COc1c(-c2cc(C)ncc2C(=O)Nc2nnc(OCc3ccc(Cl)cn3)s2)ccnc1Cl. The summed E-state index contributed by atoms with van der Waals surface area (Å²) in [7, 11) is 1.49. The van der Waals surface area contributed by atoms with Gasteiger partial charge in [0.2, 0.25) is 5.13 Å². The Kier molecular flexibility index (Phi) is 6.97. The molecule has 12 heteroatoms. The van der Waals surface area contributed by atoms with Crippen LogP contribution in [0.5, 0.6) is 10.9 Å². The lowest BCUT2D eigenvalue weighted by Gasteiger charge is -2.13. The third-order valence-electron chi connectivity index (χ3n) is 4.40. The molecule has 0 bridgehead atoms. The Morgan fingerprint density at radius 3 is 2.70 bits per heavy atom. The van der Waals surface area contributed by atoms with Crippen LogP contribution in [0, 0.1) is 6.92 Å². The van der Waals surface area contributed by atoms with Crippen LogP contribution in [0.4, 0.5) is 5.13 Å². The number of nitrogens with zero attached hydrogens (tertiary/aromatic N) is 5. The molecule has 0 aliphatic carbocycles. The van der Waals surface area contributed by atoms with Crippen LogP contribution in [0.1, 0.15) is 21.7 Å². The Hall–Kier alpha value is -3.34.